The van der Waals surface area contributed by atoms with Crippen LogP contribution in [0.5, 0.6) is 5.75 Å². The predicted octanol–water partition coefficient (Wildman–Crippen LogP) is 5.86. The first-order valence-corrected chi connectivity index (χ1v) is 10.5. The van der Waals surface area contributed by atoms with Crippen molar-refractivity contribution in [1.82, 2.24) is 10.2 Å². The second-order valence-electron chi connectivity index (χ2n) is 6.24. The number of carbonyl (C=O) groups excluding carboxylic acids is 1. The van der Waals surface area contributed by atoms with Crippen LogP contribution in [0.15, 0.2) is 46.7 Å². The van der Waals surface area contributed by atoms with Gasteiger partial charge < -0.3 is 13.9 Å². The van der Waals surface area contributed by atoms with Gasteiger partial charge in [0.15, 0.2) is 0 Å². The molecule has 2 heterocycles. The number of allylic oxidation sites excluding steroid dienone is 1. The highest BCUT2D eigenvalue weighted by molar-refractivity contribution is 7.12. The van der Waals surface area contributed by atoms with Crippen molar-refractivity contribution in [3.63, 3.8) is 0 Å². The van der Waals surface area contributed by atoms with Crippen LogP contribution >= 0.6 is 22.9 Å². The number of hydrogen-bond donors (Lipinski definition) is 0. The monoisotopic (exact) mass is 444 g/mol. The van der Waals surface area contributed by atoms with Crippen LogP contribution in [0.25, 0.3) is 22.1 Å². The van der Waals surface area contributed by atoms with Crippen molar-refractivity contribution in [2.75, 3.05) is 6.61 Å². The van der Waals surface area contributed by atoms with E-state index in [0.717, 1.165) is 11.1 Å². The average Bonchev–Trinajstić information content (AvgIpc) is 3.34. The third-order valence-corrected chi connectivity index (χ3v) is 5.42. The molecule has 0 fully saturated rings. The Balaban J connectivity index is 1.83. The Morgan fingerprint density at radius 3 is 2.80 bits per heavy atom. The Hall–Kier alpha value is -2.90. The third kappa shape index (κ3) is 4.80. The van der Waals surface area contributed by atoms with Gasteiger partial charge in [0.2, 0.25) is 11.8 Å². The van der Waals surface area contributed by atoms with Gasteiger partial charge in [-0.25, -0.2) is 4.79 Å². The number of hydrogen-bond acceptors (Lipinski definition) is 7. The van der Waals surface area contributed by atoms with Crippen LogP contribution in [0.2, 0.25) is 0 Å². The molecule has 1 aromatic carbocycles. The van der Waals surface area contributed by atoms with E-state index >= 15 is 0 Å². The lowest BCUT2D eigenvalue weighted by Gasteiger charge is -2.10. The maximum absolute atomic E-state index is 12.3. The molecular weight excluding hydrogens is 424 g/mol. The first kappa shape index (κ1) is 21.8. The van der Waals surface area contributed by atoms with Gasteiger partial charge in [0.1, 0.15) is 12.4 Å². The van der Waals surface area contributed by atoms with Crippen molar-refractivity contribution in [3.05, 3.63) is 64.2 Å². The molecule has 0 amide bonds. The number of thiophene rings is 1. The molecule has 30 heavy (non-hydrogen) atoms. The van der Waals surface area contributed by atoms with Crippen LogP contribution in [0, 0.1) is 6.92 Å². The Kier molecular flexibility index (Phi) is 7.07. The summed E-state index contributed by atoms with van der Waals surface area (Å²) in [7, 11) is 0. The van der Waals surface area contributed by atoms with E-state index in [4.69, 9.17) is 25.5 Å². The molecule has 3 rings (SSSR count). The molecule has 8 heteroatoms. The van der Waals surface area contributed by atoms with Crippen LogP contribution in [-0.4, -0.2) is 22.8 Å². The molecule has 0 spiro atoms. The normalized spacial score (nSPS) is 11.4. The van der Waals surface area contributed by atoms with Crippen molar-refractivity contribution in [2.45, 2.75) is 27.4 Å². The minimum Gasteiger partial charge on any atom is -0.489 e. The fraction of sp³-hybridized carbons (Fsp3) is 0.227. The predicted molar refractivity (Wildman–Crippen MR) is 118 cm³/mol. The molecule has 0 aliphatic rings. The zero-order valence-electron chi connectivity index (χ0n) is 16.9. The SMILES string of the molecule is C=C(Cl)c1c(COc2cccc(-c3nnc(C)o3)c2)csc1/C(=C\C)C(=O)OCC. The van der Waals surface area contributed by atoms with Crippen LogP contribution in [0.1, 0.15) is 35.7 Å². The summed E-state index contributed by atoms with van der Waals surface area (Å²) in [6.45, 7) is 9.70. The highest BCUT2D eigenvalue weighted by Crippen LogP contribution is 2.37. The van der Waals surface area contributed by atoms with E-state index in [2.05, 4.69) is 16.8 Å². The van der Waals surface area contributed by atoms with E-state index in [1.807, 2.05) is 29.6 Å². The molecule has 0 N–H and O–H groups in total. The van der Waals surface area contributed by atoms with E-state index in [9.17, 15) is 4.79 Å². The highest BCUT2D eigenvalue weighted by atomic mass is 35.5. The number of halogens is 1. The molecular formula is C22H21ClN2O4S. The van der Waals surface area contributed by atoms with Crippen LogP contribution in [0.3, 0.4) is 0 Å². The summed E-state index contributed by atoms with van der Waals surface area (Å²) >= 11 is 7.68. The molecule has 0 saturated heterocycles. The van der Waals surface area contributed by atoms with E-state index in [1.165, 1.54) is 11.3 Å². The molecule has 0 aliphatic carbocycles. The summed E-state index contributed by atoms with van der Waals surface area (Å²) in [5.74, 6) is 1.17. The number of carbonyl (C=O) groups is 1. The largest absolute Gasteiger partial charge is 0.489 e. The summed E-state index contributed by atoms with van der Waals surface area (Å²) in [5.41, 5.74) is 2.74. The van der Waals surface area contributed by atoms with E-state index in [-0.39, 0.29) is 6.61 Å². The Bertz CT molecular complexity index is 1100. The number of nitrogens with zero attached hydrogens (tertiary/aromatic N) is 2. The second-order valence-corrected chi connectivity index (χ2v) is 7.57. The number of aromatic nitrogens is 2. The number of ether oxygens (including phenoxy) is 2. The molecule has 0 unspecified atom stereocenters. The standard InChI is InChI=1S/C22H21ClN2O4S/c1-5-18(22(26)27-6-2)20-19(13(3)23)16(12-30-20)11-28-17-9-7-8-15(10-17)21-25-24-14(4)29-21/h5,7-10,12H,3,6,11H2,1-2,4H3/b18-5+. The summed E-state index contributed by atoms with van der Waals surface area (Å²) in [6.07, 6.45) is 1.72. The minimum absolute atomic E-state index is 0.254. The molecule has 2 aromatic heterocycles. The Labute approximate surface area is 183 Å². The highest BCUT2D eigenvalue weighted by Gasteiger charge is 2.22. The molecule has 0 radical (unpaired) electrons. The second kappa shape index (κ2) is 9.73. The molecule has 3 aromatic rings. The Morgan fingerprint density at radius 1 is 1.37 bits per heavy atom. The zero-order valence-corrected chi connectivity index (χ0v) is 18.5. The van der Waals surface area contributed by atoms with E-state index in [1.54, 1.807) is 26.8 Å². The topological polar surface area (TPSA) is 74.5 Å². The first-order valence-electron chi connectivity index (χ1n) is 9.26. The van der Waals surface area contributed by atoms with Crippen molar-refractivity contribution < 1.29 is 18.7 Å². The minimum atomic E-state index is -0.393. The van der Waals surface area contributed by atoms with Gasteiger partial charge in [0.05, 0.1) is 17.1 Å². The van der Waals surface area contributed by atoms with Crippen molar-refractivity contribution >= 4 is 39.5 Å². The molecule has 156 valence electrons. The van der Waals surface area contributed by atoms with Gasteiger partial charge in [-0.15, -0.1) is 21.5 Å². The number of rotatable bonds is 8. The van der Waals surface area contributed by atoms with Gasteiger partial charge in [-0.05, 0) is 37.4 Å². The van der Waals surface area contributed by atoms with Gasteiger partial charge >= 0.3 is 5.97 Å². The Morgan fingerprint density at radius 2 is 2.17 bits per heavy atom. The lowest BCUT2D eigenvalue weighted by molar-refractivity contribution is -0.136. The fourth-order valence-corrected chi connectivity index (χ4v) is 4.26. The maximum atomic E-state index is 12.3. The molecule has 0 saturated carbocycles. The first-order chi connectivity index (χ1) is 14.4. The molecule has 0 bridgehead atoms. The van der Waals surface area contributed by atoms with Gasteiger partial charge in [0.25, 0.3) is 0 Å². The van der Waals surface area contributed by atoms with E-state index in [0.29, 0.717) is 45.2 Å². The number of aryl methyl sites for hydroxylation is 1. The fourth-order valence-electron chi connectivity index (χ4n) is 2.84. The number of esters is 1. The van der Waals surface area contributed by atoms with Gasteiger partial charge in [-0.1, -0.05) is 30.3 Å². The molecule has 0 aliphatic heterocycles. The van der Waals surface area contributed by atoms with Crippen LogP contribution < -0.4 is 4.74 Å². The third-order valence-electron chi connectivity index (χ3n) is 4.17. The van der Waals surface area contributed by atoms with Crippen molar-refractivity contribution in [3.8, 4) is 17.2 Å². The van der Waals surface area contributed by atoms with Gasteiger partial charge in [-0.2, -0.15) is 0 Å². The lowest BCUT2D eigenvalue weighted by atomic mass is 10.1. The van der Waals surface area contributed by atoms with Crippen molar-refractivity contribution in [2.24, 2.45) is 0 Å². The van der Waals surface area contributed by atoms with Gasteiger partial charge in [-0.3, -0.25) is 0 Å². The van der Waals surface area contributed by atoms with E-state index < -0.39 is 5.97 Å². The maximum Gasteiger partial charge on any atom is 0.339 e. The number of benzene rings is 1. The smallest absolute Gasteiger partial charge is 0.339 e. The van der Waals surface area contributed by atoms with Crippen LogP contribution in [0.4, 0.5) is 0 Å². The van der Waals surface area contributed by atoms with Crippen molar-refractivity contribution in [1.29, 1.82) is 0 Å². The quantitative estimate of drug-likeness (QED) is 0.320. The molecule has 0 atom stereocenters. The summed E-state index contributed by atoms with van der Waals surface area (Å²) in [6, 6.07) is 7.38. The van der Waals surface area contributed by atoms with Crippen LogP contribution in [-0.2, 0) is 16.1 Å². The average molecular weight is 445 g/mol. The summed E-state index contributed by atoms with van der Waals surface area (Å²) in [4.78, 5) is 13.0. The summed E-state index contributed by atoms with van der Waals surface area (Å²) < 4.78 is 16.6. The summed E-state index contributed by atoms with van der Waals surface area (Å²) in [5, 5.41) is 10.1. The van der Waals surface area contributed by atoms with Gasteiger partial charge in [0, 0.05) is 28.6 Å². The lowest BCUT2D eigenvalue weighted by Crippen LogP contribution is -2.07. The molecule has 6 nitrogen and oxygen atoms in total. The zero-order chi connectivity index (χ0) is 21.7.